The molecule has 0 radical (unpaired) electrons. The van der Waals surface area contributed by atoms with E-state index in [1.54, 1.807) is 18.2 Å². The first-order valence-electron chi connectivity index (χ1n) is 7.88. The minimum atomic E-state index is -0.281. The Hall–Kier alpha value is -3.20. The number of nitrogens with one attached hydrogen (secondary N) is 1. The average Bonchev–Trinajstić information content (AvgIpc) is 2.61. The molecule has 0 unspecified atom stereocenters. The van der Waals surface area contributed by atoms with Crippen molar-refractivity contribution in [2.75, 3.05) is 5.32 Å². The van der Waals surface area contributed by atoms with Crippen molar-refractivity contribution < 1.29 is 6.17 Å². The standard InChI is InChI=1S/C20H14N2O/c23-20(19-13-12-15-7-2-4-10-17(15)21-19)22-18-11-5-8-14-6-1-3-9-16(14)18/h1-13H,(H,22,23)/i9D. The predicted molar refractivity (Wildman–Crippen MR) is 93.6 cm³/mol. The Labute approximate surface area is 135 Å². The van der Waals surface area contributed by atoms with E-state index in [-0.39, 0.29) is 5.91 Å². The number of hydrogen-bond donors (Lipinski definition) is 1. The van der Waals surface area contributed by atoms with Crippen LogP contribution < -0.4 is 5.32 Å². The molecule has 3 heteroatoms. The summed E-state index contributed by atoms with van der Waals surface area (Å²) in [6, 6.07) is 22.7. The minimum absolute atomic E-state index is 0.281. The van der Waals surface area contributed by atoms with Gasteiger partial charge in [0.05, 0.1) is 6.89 Å². The average molecular weight is 299 g/mol. The monoisotopic (exact) mass is 299 g/mol. The maximum Gasteiger partial charge on any atom is 0.274 e. The molecule has 1 N–H and O–H groups in total. The van der Waals surface area contributed by atoms with Gasteiger partial charge in [0.15, 0.2) is 0 Å². The number of aromatic nitrogens is 1. The lowest BCUT2D eigenvalue weighted by Gasteiger charge is -2.09. The van der Waals surface area contributed by atoms with E-state index in [1.165, 1.54) is 0 Å². The van der Waals surface area contributed by atoms with Crippen LogP contribution in [-0.4, -0.2) is 10.9 Å². The highest BCUT2D eigenvalue weighted by atomic mass is 16.1. The van der Waals surface area contributed by atoms with E-state index in [9.17, 15) is 4.79 Å². The summed E-state index contributed by atoms with van der Waals surface area (Å²) in [4.78, 5) is 17.0. The molecule has 1 aromatic heterocycles. The van der Waals surface area contributed by atoms with Gasteiger partial charge in [-0.1, -0.05) is 60.6 Å². The van der Waals surface area contributed by atoms with Crippen LogP contribution in [0.3, 0.4) is 0 Å². The molecular weight excluding hydrogens is 284 g/mol. The van der Waals surface area contributed by atoms with E-state index < -0.39 is 0 Å². The van der Waals surface area contributed by atoms with Crippen LogP contribution in [0.4, 0.5) is 5.69 Å². The maximum absolute atomic E-state index is 12.6. The Balaban J connectivity index is 1.73. The number of amides is 1. The fourth-order valence-electron chi connectivity index (χ4n) is 2.64. The normalized spacial score (nSPS) is 11.4. The van der Waals surface area contributed by atoms with Gasteiger partial charge < -0.3 is 5.32 Å². The summed E-state index contributed by atoms with van der Waals surface area (Å²) in [5, 5.41) is 5.53. The first-order chi connectivity index (χ1) is 11.7. The van der Waals surface area contributed by atoms with Gasteiger partial charge in [0, 0.05) is 16.5 Å². The largest absolute Gasteiger partial charge is 0.320 e. The molecule has 4 rings (SSSR count). The van der Waals surface area contributed by atoms with Crippen molar-refractivity contribution in [1.29, 1.82) is 0 Å². The van der Waals surface area contributed by atoms with E-state index in [0.29, 0.717) is 17.4 Å². The van der Waals surface area contributed by atoms with Crippen LogP contribution in [0.25, 0.3) is 21.7 Å². The quantitative estimate of drug-likeness (QED) is 0.586. The summed E-state index contributed by atoms with van der Waals surface area (Å²) in [5.74, 6) is -0.281. The van der Waals surface area contributed by atoms with Crippen LogP contribution in [0.2, 0.25) is 0 Å². The second kappa shape index (κ2) is 5.54. The fraction of sp³-hybridized carbons (Fsp3) is 0. The van der Waals surface area contributed by atoms with E-state index in [1.807, 2.05) is 54.6 Å². The molecule has 0 bridgehead atoms. The Morgan fingerprint density at radius 3 is 2.61 bits per heavy atom. The van der Waals surface area contributed by atoms with Crippen LogP contribution >= 0.6 is 0 Å². The highest BCUT2D eigenvalue weighted by Gasteiger charge is 2.10. The minimum Gasteiger partial charge on any atom is -0.320 e. The fourth-order valence-corrected chi connectivity index (χ4v) is 2.64. The number of para-hydroxylation sites is 1. The Morgan fingerprint density at radius 1 is 0.870 bits per heavy atom. The van der Waals surface area contributed by atoms with Crippen molar-refractivity contribution in [2.45, 2.75) is 0 Å². The van der Waals surface area contributed by atoms with E-state index >= 15 is 0 Å². The predicted octanol–water partition coefficient (Wildman–Crippen LogP) is 4.64. The first-order valence-corrected chi connectivity index (χ1v) is 7.38. The second-order valence-corrected chi connectivity index (χ2v) is 5.28. The molecule has 0 aliphatic rings. The number of benzene rings is 3. The zero-order chi connectivity index (χ0) is 16.5. The third-order valence-electron chi connectivity index (χ3n) is 3.78. The maximum atomic E-state index is 12.6. The van der Waals surface area contributed by atoms with Gasteiger partial charge in [-0.2, -0.15) is 0 Å². The molecule has 1 heterocycles. The number of carbonyl (C=O) groups excluding carboxylic acids is 1. The summed E-state index contributed by atoms with van der Waals surface area (Å²) >= 11 is 0. The highest BCUT2D eigenvalue weighted by Crippen LogP contribution is 2.23. The van der Waals surface area contributed by atoms with Crippen molar-refractivity contribution in [1.82, 2.24) is 4.98 Å². The molecule has 110 valence electrons. The zero-order valence-corrected chi connectivity index (χ0v) is 12.3. The van der Waals surface area contributed by atoms with Gasteiger partial charge in [0.2, 0.25) is 0 Å². The molecule has 4 aromatic rings. The van der Waals surface area contributed by atoms with Crippen LogP contribution in [0.5, 0.6) is 0 Å². The molecule has 0 fully saturated rings. The van der Waals surface area contributed by atoms with Crippen molar-refractivity contribution in [3.8, 4) is 0 Å². The molecule has 3 nitrogen and oxygen atoms in total. The van der Waals surface area contributed by atoms with Crippen molar-refractivity contribution in [2.24, 2.45) is 0 Å². The van der Waals surface area contributed by atoms with Gasteiger partial charge in [-0.05, 0) is 23.6 Å². The van der Waals surface area contributed by atoms with Crippen LogP contribution in [-0.2, 0) is 0 Å². The zero-order valence-electron chi connectivity index (χ0n) is 13.3. The summed E-state index contributed by atoms with van der Waals surface area (Å²) < 4.78 is 8.09. The Morgan fingerprint density at radius 2 is 1.65 bits per heavy atom. The van der Waals surface area contributed by atoms with Gasteiger partial charge in [0.1, 0.15) is 5.69 Å². The third-order valence-corrected chi connectivity index (χ3v) is 3.78. The Kier molecular flexibility index (Phi) is 2.97. The molecular formula is C20H14N2O. The topological polar surface area (TPSA) is 42.0 Å². The summed E-state index contributed by atoms with van der Waals surface area (Å²) in [5.41, 5.74) is 1.76. The van der Waals surface area contributed by atoms with Crippen LogP contribution in [0.1, 0.15) is 11.9 Å². The molecule has 0 saturated carbocycles. The van der Waals surface area contributed by atoms with Crippen molar-refractivity contribution in [3.05, 3.63) is 84.5 Å². The van der Waals surface area contributed by atoms with Gasteiger partial charge in [-0.3, -0.25) is 4.79 Å². The molecule has 0 saturated heterocycles. The van der Waals surface area contributed by atoms with Gasteiger partial charge >= 0.3 is 0 Å². The van der Waals surface area contributed by atoms with Gasteiger partial charge in [-0.15, -0.1) is 0 Å². The number of anilines is 1. The van der Waals surface area contributed by atoms with Gasteiger partial charge in [-0.25, -0.2) is 4.98 Å². The van der Waals surface area contributed by atoms with Crippen LogP contribution in [0.15, 0.2) is 78.8 Å². The molecule has 0 atom stereocenters. The number of fused-ring (bicyclic) bond motifs is 2. The molecule has 0 spiro atoms. The van der Waals surface area contributed by atoms with Crippen molar-refractivity contribution in [3.63, 3.8) is 0 Å². The second-order valence-electron chi connectivity index (χ2n) is 5.28. The molecule has 23 heavy (non-hydrogen) atoms. The highest BCUT2D eigenvalue weighted by molar-refractivity contribution is 6.08. The van der Waals surface area contributed by atoms with Gasteiger partial charge in [0.25, 0.3) is 5.91 Å². The summed E-state index contributed by atoms with van der Waals surface area (Å²) in [6.45, 7) is 0. The molecule has 0 aliphatic carbocycles. The molecule has 3 aromatic carbocycles. The lowest BCUT2D eigenvalue weighted by atomic mass is 10.1. The number of hydrogen-bond acceptors (Lipinski definition) is 2. The van der Waals surface area contributed by atoms with E-state index in [0.717, 1.165) is 21.7 Å². The first kappa shape index (κ1) is 12.4. The number of pyridine rings is 1. The molecule has 0 aliphatic heterocycles. The summed E-state index contributed by atoms with van der Waals surface area (Å²) in [6.07, 6.45) is 0. The van der Waals surface area contributed by atoms with E-state index in [4.69, 9.17) is 1.37 Å². The number of carbonyl (C=O) groups is 1. The molecule has 1 amide bonds. The number of rotatable bonds is 2. The smallest absolute Gasteiger partial charge is 0.274 e. The third kappa shape index (κ3) is 2.53. The summed E-state index contributed by atoms with van der Waals surface area (Å²) in [7, 11) is 0. The lowest BCUT2D eigenvalue weighted by Crippen LogP contribution is -2.13. The number of nitrogens with zero attached hydrogens (tertiary/aromatic N) is 1. The van der Waals surface area contributed by atoms with Crippen molar-refractivity contribution >= 4 is 33.3 Å². The van der Waals surface area contributed by atoms with E-state index in [2.05, 4.69) is 10.3 Å². The lowest BCUT2D eigenvalue weighted by molar-refractivity contribution is 0.102. The SMILES string of the molecule is [2H]c1cccc2cccc(NC(=O)c3ccc4ccccc4n3)c12. The Bertz CT molecular complexity index is 1070. The van der Waals surface area contributed by atoms with Crippen LogP contribution in [0, 0.1) is 0 Å².